The highest BCUT2D eigenvalue weighted by Gasteiger charge is 2.63. The molecular formula is C25H20BrFN2O2. The summed E-state index contributed by atoms with van der Waals surface area (Å²) in [7, 11) is 0. The summed E-state index contributed by atoms with van der Waals surface area (Å²) in [5.41, 5.74) is 1.38. The van der Waals surface area contributed by atoms with Crippen LogP contribution in [0, 0.1) is 11.7 Å². The first-order valence-corrected chi connectivity index (χ1v) is 11.0. The van der Waals surface area contributed by atoms with Gasteiger partial charge in [0.05, 0.1) is 6.04 Å². The van der Waals surface area contributed by atoms with Crippen molar-refractivity contribution in [3.8, 4) is 0 Å². The molecule has 2 amide bonds. The molecule has 2 aliphatic heterocycles. The quantitative estimate of drug-likeness (QED) is 0.540. The van der Waals surface area contributed by atoms with Crippen LogP contribution in [-0.2, 0) is 15.0 Å². The lowest BCUT2D eigenvalue weighted by atomic mass is 9.56. The summed E-state index contributed by atoms with van der Waals surface area (Å²) in [6.45, 7) is 1.76. The zero-order valence-electron chi connectivity index (χ0n) is 16.7. The number of carbonyl (C=O) groups is 2. The third-order valence-electron chi connectivity index (χ3n) is 6.59. The Kier molecular flexibility index (Phi) is 4.70. The highest BCUT2D eigenvalue weighted by atomic mass is 79.9. The number of rotatable bonds is 2. The monoisotopic (exact) mass is 478 g/mol. The molecule has 3 aromatic rings. The minimum absolute atomic E-state index is 0.211. The highest BCUT2D eigenvalue weighted by Crippen LogP contribution is 2.59. The van der Waals surface area contributed by atoms with Gasteiger partial charge in [-0.05, 0) is 29.3 Å². The molecule has 5 rings (SSSR count). The molecule has 2 aliphatic rings. The van der Waals surface area contributed by atoms with Crippen LogP contribution in [-0.4, -0.2) is 11.8 Å². The number of fused-ring (bicyclic) bond motifs is 2. The van der Waals surface area contributed by atoms with Crippen molar-refractivity contribution in [3.05, 3.63) is 99.8 Å². The summed E-state index contributed by atoms with van der Waals surface area (Å²) < 4.78 is 15.9. The maximum Gasteiger partial charge on any atom is 0.238 e. The first-order valence-electron chi connectivity index (χ1n) is 10.2. The Morgan fingerprint density at radius 3 is 2.39 bits per heavy atom. The molecular weight excluding hydrogens is 459 g/mol. The maximum absolute atomic E-state index is 15.3. The van der Waals surface area contributed by atoms with E-state index in [0.717, 1.165) is 11.1 Å². The largest absolute Gasteiger partial charge is 0.348 e. The molecule has 0 bridgehead atoms. The van der Waals surface area contributed by atoms with Crippen molar-refractivity contribution in [1.82, 2.24) is 5.32 Å². The molecule has 1 spiro atoms. The van der Waals surface area contributed by atoms with Crippen LogP contribution in [0.25, 0.3) is 0 Å². The normalized spacial score (nSPS) is 27.0. The Labute approximate surface area is 188 Å². The predicted molar refractivity (Wildman–Crippen MR) is 120 cm³/mol. The van der Waals surface area contributed by atoms with E-state index in [0.29, 0.717) is 15.7 Å². The number of carbonyl (C=O) groups excluding carboxylic acids is 2. The van der Waals surface area contributed by atoms with Crippen LogP contribution >= 0.6 is 15.9 Å². The van der Waals surface area contributed by atoms with Gasteiger partial charge in [0, 0.05) is 27.6 Å². The second-order valence-electron chi connectivity index (χ2n) is 8.12. The van der Waals surface area contributed by atoms with E-state index < -0.39 is 29.1 Å². The van der Waals surface area contributed by atoms with Crippen molar-refractivity contribution in [1.29, 1.82) is 0 Å². The minimum atomic E-state index is -1.21. The number of para-hydroxylation sites is 1. The molecule has 0 radical (unpaired) electrons. The average Bonchev–Trinajstić information content (AvgIpc) is 3.06. The van der Waals surface area contributed by atoms with E-state index >= 15 is 4.39 Å². The Morgan fingerprint density at radius 1 is 0.935 bits per heavy atom. The number of hydrogen-bond acceptors (Lipinski definition) is 2. The van der Waals surface area contributed by atoms with Gasteiger partial charge in [-0.1, -0.05) is 77.5 Å². The molecule has 3 aromatic carbocycles. The van der Waals surface area contributed by atoms with Crippen molar-refractivity contribution in [3.63, 3.8) is 0 Å². The molecule has 4 nitrogen and oxygen atoms in total. The Bertz CT molecular complexity index is 1180. The molecule has 31 heavy (non-hydrogen) atoms. The van der Waals surface area contributed by atoms with Gasteiger partial charge in [0.25, 0.3) is 0 Å². The van der Waals surface area contributed by atoms with Crippen LogP contribution in [0.15, 0.2) is 77.3 Å². The molecule has 1 fully saturated rings. The number of amides is 2. The minimum Gasteiger partial charge on any atom is -0.348 e. The summed E-state index contributed by atoms with van der Waals surface area (Å²) >= 11 is 3.49. The van der Waals surface area contributed by atoms with Crippen LogP contribution in [0.2, 0.25) is 0 Å². The SMILES string of the molecule is C[C@@H]1C(=O)N[C@H](c2ccccc2)[C@@]2(C(=O)Nc3ccccc32)[C@H]1c1c(F)cccc1Br. The molecule has 2 heterocycles. The number of piperidine rings is 1. The van der Waals surface area contributed by atoms with Crippen LogP contribution in [0.1, 0.15) is 35.6 Å². The number of halogens is 2. The van der Waals surface area contributed by atoms with E-state index in [9.17, 15) is 9.59 Å². The van der Waals surface area contributed by atoms with Crippen LogP contribution in [0.3, 0.4) is 0 Å². The first kappa shape index (κ1) is 19.9. The highest BCUT2D eigenvalue weighted by molar-refractivity contribution is 9.10. The Hall–Kier alpha value is -2.99. The fourth-order valence-corrected chi connectivity index (χ4v) is 5.87. The third-order valence-corrected chi connectivity index (χ3v) is 7.28. The zero-order valence-corrected chi connectivity index (χ0v) is 18.3. The standard InChI is InChI=1S/C25H20BrFN2O2/c1-14-21(20-17(26)11-7-12-18(20)27)25(16-10-5-6-13-19(16)28-24(25)31)22(29-23(14)30)15-8-3-2-4-9-15/h2-14,21-22H,1H3,(H,28,31)(H,29,30)/t14-,21+,22+,25-/m0/s1. The molecule has 0 aromatic heterocycles. The smallest absolute Gasteiger partial charge is 0.238 e. The van der Waals surface area contributed by atoms with E-state index in [1.165, 1.54) is 6.07 Å². The molecule has 0 unspecified atom stereocenters. The fraction of sp³-hybridized carbons (Fsp3) is 0.200. The van der Waals surface area contributed by atoms with Crippen LogP contribution in [0.5, 0.6) is 0 Å². The first-order chi connectivity index (χ1) is 15.0. The van der Waals surface area contributed by atoms with Crippen molar-refractivity contribution in [2.45, 2.75) is 24.3 Å². The van der Waals surface area contributed by atoms with Gasteiger partial charge in [0.2, 0.25) is 11.8 Å². The van der Waals surface area contributed by atoms with Crippen molar-refractivity contribution in [2.75, 3.05) is 5.32 Å². The zero-order chi connectivity index (χ0) is 21.8. The summed E-state index contributed by atoms with van der Waals surface area (Å²) in [5, 5.41) is 6.09. The fourth-order valence-electron chi connectivity index (χ4n) is 5.29. The lowest BCUT2D eigenvalue weighted by Gasteiger charge is -2.49. The Morgan fingerprint density at radius 2 is 1.65 bits per heavy atom. The van der Waals surface area contributed by atoms with Gasteiger partial charge in [0.15, 0.2) is 0 Å². The summed E-state index contributed by atoms with van der Waals surface area (Å²) in [5.74, 6) is -2.24. The molecule has 0 saturated carbocycles. The van der Waals surface area contributed by atoms with Crippen LogP contribution < -0.4 is 10.6 Å². The topological polar surface area (TPSA) is 58.2 Å². The number of nitrogens with one attached hydrogen (secondary N) is 2. The summed E-state index contributed by atoms with van der Waals surface area (Å²) in [6.07, 6.45) is 0. The van der Waals surface area contributed by atoms with Gasteiger partial charge in [-0.15, -0.1) is 0 Å². The molecule has 6 heteroatoms. The summed E-state index contributed by atoms with van der Waals surface area (Å²) in [6, 6.07) is 21.0. The molecule has 4 atom stereocenters. The van der Waals surface area contributed by atoms with E-state index in [1.807, 2.05) is 54.6 Å². The van der Waals surface area contributed by atoms with Gasteiger partial charge in [0.1, 0.15) is 11.2 Å². The van der Waals surface area contributed by atoms with Crippen molar-refractivity contribution < 1.29 is 14.0 Å². The lowest BCUT2D eigenvalue weighted by molar-refractivity contribution is -0.135. The van der Waals surface area contributed by atoms with Gasteiger partial charge >= 0.3 is 0 Å². The number of benzene rings is 3. The molecule has 2 N–H and O–H groups in total. The lowest BCUT2D eigenvalue weighted by Crippen LogP contribution is -2.60. The second-order valence-corrected chi connectivity index (χ2v) is 8.98. The Balaban J connectivity index is 1.88. The van der Waals surface area contributed by atoms with E-state index in [1.54, 1.807) is 19.1 Å². The molecule has 156 valence electrons. The van der Waals surface area contributed by atoms with Crippen molar-refractivity contribution in [2.24, 2.45) is 5.92 Å². The van der Waals surface area contributed by atoms with E-state index in [-0.39, 0.29) is 11.8 Å². The predicted octanol–water partition coefficient (Wildman–Crippen LogP) is 5.07. The van der Waals surface area contributed by atoms with Gasteiger partial charge in [-0.2, -0.15) is 0 Å². The van der Waals surface area contributed by atoms with E-state index in [2.05, 4.69) is 26.6 Å². The number of anilines is 1. The number of hydrogen-bond donors (Lipinski definition) is 2. The van der Waals surface area contributed by atoms with Gasteiger partial charge in [-0.25, -0.2) is 4.39 Å². The molecule has 0 aliphatic carbocycles. The van der Waals surface area contributed by atoms with Gasteiger partial charge < -0.3 is 10.6 Å². The average molecular weight is 479 g/mol. The third kappa shape index (κ3) is 2.78. The van der Waals surface area contributed by atoms with Crippen LogP contribution in [0.4, 0.5) is 10.1 Å². The maximum atomic E-state index is 15.3. The van der Waals surface area contributed by atoms with E-state index in [4.69, 9.17) is 0 Å². The molecule has 1 saturated heterocycles. The summed E-state index contributed by atoms with van der Waals surface area (Å²) in [4.78, 5) is 27.0. The van der Waals surface area contributed by atoms with Gasteiger partial charge in [-0.3, -0.25) is 9.59 Å². The second kappa shape index (κ2) is 7.31. The van der Waals surface area contributed by atoms with Crippen molar-refractivity contribution >= 4 is 33.4 Å².